The monoisotopic (exact) mass is 284 g/mol. The number of halogens is 2. The van der Waals surface area contributed by atoms with Crippen molar-refractivity contribution in [1.82, 2.24) is 0 Å². The van der Waals surface area contributed by atoms with Crippen molar-refractivity contribution in [2.75, 3.05) is 7.11 Å². The minimum atomic E-state index is -1.02. The molecule has 6 heteroatoms. The molecule has 1 aliphatic rings. The average molecular weight is 284 g/mol. The molecule has 0 amide bonds. The van der Waals surface area contributed by atoms with Crippen molar-refractivity contribution in [3.8, 4) is 5.75 Å². The maximum Gasteiger partial charge on any atom is 0.498 e. The van der Waals surface area contributed by atoms with Crippen LogP contribution in [0, 0.1) is 18.6 Å². The Morgan fingerprint density at radius 3 is 2.00 bits per heavy atom. The Morgan fingerprint density at radius 2 is 1.55 bits per heavy atom. The van der Waals surface area contributed by atoms with Gasteiger partial charge in [-0.25, -0.2) is 4.39 Å². The van der Waals surface area contributed by atoms with Gasteiger partial charge >= 0.3 is 7.12 Å². The molecule has 1 aromatic carbocycles. The summed E-state index contributed by atoms with van der Waals surface area (Å²) >= 11 is 0. The van der Waals surface area contributed by atoms with Crippen LogP contribution in [0.25, 0.3) is 0 Å². The molecule has 3 nitrogen and oxygen atoms in total. The Hall–Kier alpha value is -1.14. The first-order valence-corrected chi connectivity index (χ1v) is 6.49. The molecule has 1 fully saturated rings. The van der Waals surface area contributed by atoms with Gasteiger partial charge in [0.15, 0.2) is 11.6 Å². The zero-order valence-corrected chi connectivity index (χ0v) is 12.6. The van der Waals surface area contributed by atoms with E-state index in [9.17, 15) is 8.78 Å². The Labute approximate surface area is 118 Å². The highest BCUT2D eigenvalue weighted by Crippen LogP contribution is 2.37. The van der Waals surface area contributed by atoms with Crippen molar-refractivity contribution >= 4 is 12.6 Å². The molecular formula is C14H19BF2O3. The zero-order valence-electron chi connectivity index (χ0n) is 12.6. The van der Waals surface area contributed by atoms with Crippen molar-refractivity contribution < 1.29 is 22.8 Å². The third kappa shape index (κ3) is 2.21. The van der Waals surface area contributed by atoms with E-state index in [2.05, 4.69) is 0 Å². The molecule has 0 aliphatic carbocycles. The highest BCUT2D eigenvalue weighted by molar-refractivity contribution is 6.63. The normalized spacial score (nSPS) is 20.3. The topological polar surface area (TPSA) is 27.7 Å². The molecule has 0 bridgehead atoms. The van der Waals surface area contributed by atoms with E-state index >= 15 is 0 Å². The predicted molar refractivity (Wildman–Crippen MR) is 73.4 cm³/mol. The molecule has 0 radical (unpaired) electrons. The van der Waals surface area contributed by atoms with E-state index < -0.39 is 30.0 Å². The second kappa shape index (κ2) is 4.70. The van der Waals surface area contributed by atoms with E-state index in [1.165, 1.54) is 20.1 Å². The van der Waals surface area contributed by atoms with Crippen LogP contribution in [0.5, 0.6) is 5.75 Å². The molecular weight excluding hydrogens is 265 g/mol. The van der Waals surface area contributed by atoms with Crippen LogP contribution in [0.15, 0.2) is 6.07 Å². The number of benzene rings is 1. The van der Waals surface area contributed by atoms with E-state index in [0.717, 1.165) is 0 Å². The molecule has 1 heterocycles. The summed E-state index contributed by atoms with van der Waals surface area (Å²) in [4.78, 5) is 0. The van der Waals surface area contributed by atoms with Crippen LogP contribution >= 0.6 is 0 Å². The molecule has 20 heavy (non-hydrogen) atoms. The van der Waals surface area contributed by atoms with E-state index in [-0.39, 0.29) is 11.3 Å². The lowest BCUT2D eigenvalue weighted by Gasteiger charge is -2.32. The van der Waals surface area contributed by atoms with Gasteiger partial charge < -0.3 is 14.0 Å². The summed E-state index contributed by atoms with van der Waals surface area (Å²) in [6.07, 6.45) is 0. The zero-order chi connectivity index (χ0) is 15.3. The first-order chi connectivity index (χ1) is 9.10. The summed E-state index contributed by atoms with van der Waals surface area (Å²) in [6.45, 7) is 9.07. The Bertz CT molecular complexity index is 528. The van der Waals surface area contributed by atoms with Gasteiger partial charge in [0.2, 0.25) is 5.82 Å². The largest absolute Gasteiger partial charge is 0.498 e. The first kappa shape index (κ1) is 15.3. The highest BCUT2D eigenvalue weighted by Gasteiger charge is 2.52. The fraction of sp³-hybridized carbons (Fsp3) is 0.571. The lowest BCUT2D eigenvalue weighted by atomic mass is 9.77. The number of hydrogen-bond donors (Lipinski definition) is 0. The number of rotatable bonds is 2. The maximum absolute atomic E-state index is 14.0. The summed E-state index contributed by atoms with van der Waals surface area (Å²) in [5.74, 6) is -2.11. The standard InChI is InChI=1S/C14H19BF2O3/c1-8-7-9(12(18-6)11(17)10(8)16)15-19-13(2,3)14(4,5)20-15/h7H,1-6H3. The molecule has 1 aliphatic heterocycles. The van der Waals surface area contributed by atoms with Crippen LogP contribution < -0.4 is 10.2 Å². The van der Waals surface area contributed by atoms with Crippen molar-refractivity contribution in [3.63, 3.8) is 0 Å². The van der Waals surface area contributed by atoms with Gasteiger partial charge in [-0.2, -0.15) is 4.39 Å². The minimum Gasteiger partial charge on any atom is -0.494 e. The van der Waals surface area contributed by atoms with Gasteiger partial charge in [-0.3, -0.25) is 0 Å². The summed E-state index contributed by atoms with van der Waals surface area (Å²) in [7, 11) is 0.505. The molecule has 0 aromatic heterocycles. The molecule has 2 rings (SSSR count). The van der Waals surface area contributed by atoms with Crippen LogP contribution in [0.1, 0.15) is 33.3 Å². The number of ether oxygens (including phenoxy) is 1. The number of aryl methyl sites for hydroxylation is 1. The van der Waals surface area contributed by atoms with Gasteiger partial charge in [0.05, 0.1) is 18.3 Å². The molecule has 0 N–H and O–H groups in total. The lowest BCUT2D eigenvalue weighted by Crippen LogP contribution is -2.41. The van der Waals surface area contributed by atoms with E-state index in [1.54, 1.807) is 0 Å². The maximum atomic E-state index is 14.0. The fourth-order valence-electron chi connectivity index (χ4n) is 2.11. The van der Waals surface area contributed by atoms with Crippen LogP contribution in [0.4, 0.5) is 8.78 Å². The van der Waals surface area contributed by atoms with Crippen LogP contribution in [0.3, 0.4) is 0 Å². The average Bonchev–Trinajstić information content (AvgIpc) is 2.55. The van der Waals surface area contributed by atoms with Crippen molar-refractivity contribution in [2.45, 2.75) is 45.8 Å². The van der Waals surface area contributed by atoms with Gasteiger partial charge in [0.1, 0.15) is 0 Å². The van der Waals surface area contributed by atoms with Gasteiger partial charge in [-0.1, -0.05) is 6.07 Å². The summed E-state index contributed by atoms with van der Waals surface area (Å²) in [5, 5.41) is 0. The molecule has 0 saturated carbocycles. The summed E-state index contributed by atoms with van der Waals surface area (Å²) < 4.78 is 44.3. The number of methoxy groups -OCH3 is 1. The summed E-state index contributed by atoms with van der Waals surface area (Å²) in [5.41, 5.74) is -0.557. The molecule has 0 unspecified atom stereocenters. The van der Waals surface area contributed by atoms with Gasteiger partial charge in [0.25, 0.3) is 0 Å². The van der Waals surface area contributed by atoms with Crippen LogP contribution in [-0.4, -0.2) is 25.4 Å². The van der Waals surface area contributed by atoms with Gasteiger partial charge in [-0.05, 0) is 40.2 Å². The minimum absolute atomic E-state index is 0.174. The SMILES string of the molecule is COc1c(B2OC(C)(C)C(C)(C)O2)cc(C)c(F)c1F. The highest BCUT2D eigenvalue weighted by atomic mass is 19.2. The Balaban J connectivity index is 2.50. The van der Waals surface area contributed by atoms with E-state index in [0.29, 0.717) is 5.46 Å². The smallest absolute Gasteiger partial charge is 0.494 e. The van der Waals surface area contributed by atoms with Crippen molar-refractivity contribution in [2.24, 2.45) is 0 Å². The molecule has 0 spiro atoms. The molecule has 1 aromatic rings. The lowest BCUT2D eigenvalue weighted by molar-refractivity contribution is 0.00578. The third-order valence-corrected chi connectivity index (χ3v) is 4.08. The quantitative estimate of drug-likeness (QED) is 0.781. The second-order valence-electron chi connectivity index (χ2n) is 6.03. The van der Waals surface area contributed by atoms with Crippen molar-refractivity contribution in [3.05, 3.63) is 23.3 Å². The van der Waals surface area contributed by atoms with Crippen LogP contribution in [0.2, 0.25) is 0 Å². The molecule has 0 atom stereocenters. The van der Waals surface area contributed by atoms with Crippen LogP contribution in [-0.2, 0) is 9.31 Å². The Kier molecular flexibility index (Phi) is 3.59. The Morgan fingerprint density at radius 1 is 1.05 bits per heavy atom. The second-order valence-corrected chi connectivity index (χ2v) is 6.03. The van der Waals surface area contributed by atoms with Crippen molar-refractivity contribution in [1.29, 1.82) is 0 Å². The van der Waals surface area contributed by atoms with Gasteiger partial charge in [0, 0.05) is 5.46 Å². The van der Waals surface area contributed by atoms with Gasteiger partial charge in [-0.15, -0.1) is 0 Å². The number of hydrogen-bond acceptors (Lipinski definition) is 3. The molecule has 110 valence electrons. The van der Waals surface area contributed by atoms with E-state index in [1.807, 2.05) is 27.7 Å². The van der Waals surface area contributed by atoms with E-state index in [4.69, 9.17) is 14.0 Å². The predicted octanol–water partition coefficient (Wildman–Crippen LogP) is 2.58. The molecule has 1 saturated heterocycles. The summed E-state index contributed by atoms with van der Waals surface area (Å²) in [6, 6.07) is 1.50. The fourth-order valence-corrected chi connectivity index (χ4v) is 2.11. The third-order valence-electron chi connectivity index (χ3n) is 4.08. The first-order valence-electron chi connectivity index (χ1n) is 6.49.